The van der Waals surface area contributed by atoms with Gasteiger partial charge in [-0.05, 0) is 69.9 Å². The molecule has 2 rings (SSSR count). The summed E-state index contributed by atoms with van der Waals surface area (Å²) in [6, 6.07) is 6.06. The Bertz CT molecular complexity index is 575. The molecule has 0 bridgehead atoms. The summed E-state index contributed by atoms with van der Waals surface area (Å²) < 4.78 is 10.7. The molecule has 0 saturated carbocycles. The highest BCUT2D eigenvalue weighted by Gasteiger charge is 2.16. The van der Waals surface area contributed by atoms with Crippen molar-refractivity contribution in [1.82, 2.24) is 15.5 Å². The van der Waals surface area contributed by atoms with Crippen molar-refractivity contribution in [2.24, 2.45) is 10.9 Å². The maximum absolute atomic E-state index is 5.37. The molecule has 0 aliphatic carbocycles. The number of methoxy groups -OCH3 is 2. The molecule has 0 spiro atoms. The molecule has 1 fully saturated rings. The largest absolute Gasteiger partial charge is 0.493 e. The zero-order chi connectivity index (χ0) is 18.8. The molecule has 0 atom stereocenters. The lowest BCUT2D eigenvalue weighted by Gasteiger charge is -2.28. The van der Waals surface area contributed by atoms with E-state index in [1.54, 1.807) is 14.2 Å². The van der Waals surface area contributed by atoms with Crippen LogP contribution in [0.15, 0.2) is 23.2 Å². The highest BCUT2D eigenvalue weighted by Crippen LogP contribution is 2.27. The minimum Gasteiger partial charge on any atom is -0.493 e. The highest BCUT2D eigenvalue weighted by atomic mass is 127. The van der Waals surface area contributed by atoms with Crippen LogP contribution in [0.25, 0.3) is 0 Å². The number of piperidine rings is 1. The molecule has 0 unspecified atom stereocenters. The summed E-state index contributed by atoms with van der Waals surface area (Å²) in [4.78, 5) is 7.18. The van der Waals surface area contributed by atoms with Crippen LogP contribution >= 0.6 is 24.0 Å². The van der Waals surface area contributed by atoms with Crippen molar-refractivity contribution in [2.75, 3.05) is 54.0 Å². The number of guanidine groups is 1. The first-order valence-electron chi connectivity index (χ1n) is 9.57. The van der Waals surface area contributed by atoms with Crippen molar-refractivity contribution < 1.29 is 9.47 Å². The average molecular weight is 490 g/mol. The minimum absolute atomic E-state index is 0. The Hall–Kier alpha value is -1.22. The topological polar surface area (TPSA) is 58.1 Å². The summed E-state index contributed by atoms with van der Waals surface area (Å²) >= 11 is 0. The Labute approximate surface area is 181 Å². The number of ether oxygens (including phenoxy) is 2. The highest BCUT2D eigenvalue weighted by molar-refractivity contribution is 14.0. The second kappa shape index (κ2) is 13.0. The third-order valence-corrected chi connectivity index (χ3v) is 4.84. The van der Waals surface area contributed by atoms with Crippen molar-refractivity contribution in [3.8, 4) is 11.5 Å². The van der Waals surface area contributed by atoms with E-state index in [0.717, 1.165) is 43.5 Å². The van der Waals surface area contributed by atoms with Crippen molar-refractivity contribution in [3.63, 3.8) is 0 Å². The molecule has 6 nitrogen and oxygen atoms in total. The molecule has 154 valence electrons. The van der Waals surface area contributed by atoms with Gasteiger partial charge >= 0.3 is 0 Å². The van der Waals surface area contributed by atoms with Crippen molar-refractivity contribution in [2.45, 2.75) is 26.2 Å². The molecule has 1 aromatic rings. The number of nitrogens with zero attached hydrogens (tertiary/aromatic N) is 2. The van der Waals surface area contributed by atoms with E-state index in [4.69, 9.17) is 14.5 Å². The van der Waals surface area contributed by atoms with Gasteiger partial charge in [0.1, 0.15) is 0 Å². The maximum atomic E-state index is 5.37. The number of nitrogens with one attached hydrogen (secondary N) is 2. The lowest BCUT2D eigenvalue weighted by molar-refractivity contribution is 0.223. The number of hydrogen-bond acceptors (Lipinski definition) is 4. The maximum Gasteiger partial charge on any atom is 0.191 e. The van der Waals surface area contributed by atoms with Crippen molar-refractivity contribution >= 4 is 29.9 Å². The zero-order valence-corrected chi connectivity index (χ0v) is 19.4. The molecule has 1 saturated heterocycles. The average Bonchev–Trinajstić information content (AvgIpc) is 2.67. The first kappa shape index (κ1) is 23.8. The van der Waals surface area contributed by atoms with Crippen LogP contribution in [0.4, 0.5) is 0 Å². The Balaban J connectivity index is 0.00000364. The molecule has 1 aliphatic rings. The third kappa shape index (κ3) is 8.13. The van der Waals surface area contributed by atoms with Crippen LogP contribution in [-0.2, 0) is 6.42 Å². The van der Waals surface area contributed by atoms with E-state index in [0.29, 0.717) is 5.92 Å². The number of halogens is 1. The van der Waals surface area contributed by atoms with Gasteiger partial charge in [-0.1, -0.05) is 6.07 Å². The Kier molecular flexibility index (Phi) is 11.5. The van der Waals surface area contributed by atoms with E-state index in [2.05, 4.69) is 35.6 Å². The Morgan fingerprint density at radius 3 is 2.48 bits per heavy atom. The van der Waals surface area contributed by atoms with Crippen LogP contribution < -0.4 is 20.1 Å². The molecular formula is C20H35IN4O2. The van der Waals surface area contributed by atoms with Gasteiger partial charge in [-0.25, -0.2) is 0 Å². The van der Waals surface area contributed by atoms with Crippen LogP contribution in [-0.4, -0.2) is 64.9 Å². The summed E-state index contributed by atoms with van der Waals surface area (Å²) in [5, 5.41) is 6.78. The fourth-order valence-electron chi connectivity index (χ4n) is 3.17. The first-order valence-corrected chi connectivity index (χ1v) is 9.57. The van der Waals surface area contributed by atoms with E-state index in [1.165, 1.54) is 31.5 Å². The summed E-state index contributed by atoms with van der Waals surface area (Å²) in [7, 11) is 5.51. The second-order valence-electron chi connectivity index (χ2n) is 6.83. The van der Waals surface area contributed by atoms with E-state index < -0.39 is 0 Å². The molecule has 2 N–H and O–H groups in total. The fraction of sp³-hybridized carbons (Fsp3) is 0.650. The number of likely N-dealkylation sites (tertiary alicyclic amines) is 1. The summed E-state index contributed by atoms with van der Waals surface area (Å²) in [5.74, 6) is 3.14. The summed E-state index contributed by atoms with van der Waals surface area (Å²) in [6.45, 7) is 7.07. The molecule has 1 heterocycles. The van der Waals surface area contributed by atoms with E-state index >= 15 is 0 Å². The van der Waals surface area contributed by atoms with Crippen LogP contribution in [0.1, 0.15) is 25.3 Å². The molecule has 1 aliphatic heterocycles. The van der Waals surface area contributed by atoms with Gasteiger partial charge in [0, 0.05) is 19.6 Å². The van der Waals surface area contributed by atoms with Crippen LogP contribution in [0.5, 0.6) is 11.5 Å². The first-order chi connectivity index (χ1) is 12.7. The SMILES string of the molecule is CCNC(=NCC1CCN(C)CC1)NCCc1ccc(OC)c(OC)c1.I. The van der Waals surface area contributed by atoms with Crippen LogP contribution in [0.2, 0.25) is 0 Å². The van der Waals surface area contributed by atoms with Gasteiger partial charge in [0.2, 0.25) is 0 Å². The van der Waals surface area contributed by atoms with Crippen LogP contribution in [0.3, 0.4) is 0 Å². The second-order valence-corrected chi connectivity index (χ2v) is 6.83. The van der Waals surface area contributed by atoms with Gasteiger partial charge in [-0.15, -0.1) is 24.0 Å². The summed E-state index contributed by atoms with van der Waals surface area (Å²) in [5.41, 5.74) is 1.21. The van der Waals surface area contributed by atoms with Gasteiger partial charge in [0.25, 0.3) is 0 Å². The van der Waals surface area contributed by atoms with Gasteiger partial charge < -0.3 is 25.0 Å². The number of hydrogen-bond donors (Lipinski definition) is 2. The molecule has 0 radical (unpaired) electrons. The monoisotopic (exact) mass is 490 g/mol. The molecule has 7 heteroatoms. The predicted octanol–water partition coefficient (Wildman–Crippen LogP) is 2.76. The van der Waals surface area contributed by atoms with E-state index in [-0.39, 0.29) is 24.0 Å². The number of aliphatic imine (C=N–C) groups is 1. The quantitative estimate of drug-likeness (QED) is 0.334. The minimum atomic E-state index is 0. The fourth-order valence-corrected chi connectivity index (χ4v) is 3.17. The van der Waals surface area contributed by atoms with Gasteiger partial charge in [0.05, 0.1) is 14.2 Å². The van der Waals surface area contributed by atoms with Gasteiger partial charge in [0.15, 0.2) is 17.5 Å². The normalized spacial score (nSPS) is 15.8. The molecule has 0 amide bonds. The van der Waals surface area contributed by atoms with E-state index in [1.807, 2.05) is 12.1 Å². The third-order valence-electron chi connectivity index (χ3n) is 4.84. The standard InChI is InChI=1S/C20H34N4O2.HI/c1-5-21-20(23-15-17-9-12-24(2)13-10-17)22-11-8-16-6-7-18(25-3)19(14-16)26-4;/h6-7,14,17H,5,8-13,15H2,1-4H3,(H2,21,22,23);1H. The predicted molar refractivity (Wildman–Crippen MR) is 123 cm³/mol. The Morgan fingerprint density at radius 1 is 1.15 bits per heavy atom. The molecular weight excluding hydrogens is 455 g/mol. The van der Waals surface area contributed by atoms with Gasteiger partial charge in [-0.2, -0.15) is 0 Å². The number of benzene rings is 1. The Morgan fingerprint density at radius 2 is 1.85 bits per heavy atom. The molecule has 0 aromatic heterocycles. The lowest BCUT2D eigenvalue weighted by atomic mass is 9.97. The number of rotatable bonds is 8. The van der Waals surface area contributed by atoms with Crippen molar-refractivity contribution in [3.05, 3.63) is 23.8 Å². The van der Waals surface area contributed by atoms with Gasteiger partial charge in [-0.3, -0.25) is 4.99 Å². The lowest BCUT2D eigenvalue weighted by Crippen LogP contribution is -2.39. The zero-order valence-electron chi connectivity index (χ0n) is 17.1. The summed E-state index contributed by atoms with van der Waals surface area (Å²) in [6.07, 6.45) is 3.38. The molecule has 1 aromatic carbocycles. The van der Waals surface area contributed by atoms with E-state index in [9.17, 15) is 0 Å². The van der Waals surface area contributed by atoms with Crippen molar-refractivity contribution in [1.29, 1.82) is 0 Å². The smallest absolute Gasteiger partial charge is 0.191 e. The van der Waals surface area contributed by atoms with Crippen LogP contribution in [0, 0.1) is 5.92 Å². The molecule has 27 heavy (non-hydrogen) atoms.